The summed E-state index contributed by atoms with van der Waals surface area (Å²) in [5.41, 5.74) is 0.728. The molecule has 0 bridgehead atoms. The zero-order valence-electron chi connectivity index (χ0n) is 14.7. The van der Waals surface area contributed by atoms with Crippen LogP contribution in [0.15, 0.2) is 35.7 Å². The highest BCUT2D eigenvalue weighted by atomic mass is 32.2. The van der Waals surface area contributed by atoms with Gasteiger partial charge in [-0.05, 0) is 30.9 Å². The third-order valence-corrected chi connectivity index (χ3v) is 6.04. The molecule has 0 atom stereocenters. The van der Waals surface area contributed by atoms with Crippen molar-refractivity contribution in [2.24, 2.45) is 13.0 Å². The second kappa shape index (κ2) is 7.49. The van der Waals surface area contributed by atoms with Crippen LogP contribution in [0, 0.1) is 5.92 Å². The number of nitrogens with zero attached hydrogens (tertiary/aromatic N) is 3. The van der Waals surface area contributed by atoms with Crippen LogP contribution in [0.1, 0.15) is 12.8 Å². The molecule has 1 aromatic carbocycles. The van der Waals surface area contributed by atoms with Crippen LogP contribution in [-0.4, -0.2) is 46.1 Å². The smallest absolute Gasteiger partial charge is 0.321 e. The first-order valence-corrected chi connectivity index (χ1v) is 9.73. The highest BCUT2D eigenvalue weighted by Gasteiger charge is 2.24. The predicted molar refractivity (Wildman–Crippen MR) is 99.8 cm³/mol. The van der Waals surface area contributed by atoms with Crippen molar-refractivity contribution in [3.05, 3.63) is 30.6 Å². The minimum absolute atomic E-state index is 0.0564. The lowest BCUT2D eigenvalue weighted by Crippen LogP contribution is -2.41. The minimum atomic E-state index is -0.0564. The van der Waals surface area contributed by atoms with Crippen molar-refractivity contribution in [3.8, 4) is 11.5 Å². The first kappa shape index (κ1) is 17.1. The molecule has 0 radical (unpaired) electrons. The number of amides is 2. The third-order valence-electron chi connectivity index (χ3n) is 4.75. The lowest BCUT2D eigenvalue weighted by atomic mass is 9.99. The number of hydrogen-bond acceptors (Lipinski definition) is 5. The van der Waals surface area contributed by atoms with Gasteiger partial charge in [0.05, 0.1) is 0 Å². The molecule has 0 unspecified atom stereocenters. The molecule has 1 aromatic heterocycles. The van der Waals surface area contributed by atoms with Crippen molar-refractivity contribution >= 4 is 23.5 Å². The average Bonchev–Trinajstić information content (AvgIpc) is 3.28. The van der Waals surface area contributed by atoms with E-state index in [2.05, 4.69) is 10.3 Å². The van der Waals surface area contributed by atoms with Gasteiger partial charge in [0.15, 0.2) is 16.7 Å². The molecule has 1 N–H and O–H groups in total. The molecule has 2 aliphatic rings. The molecule has 0 saturated carbocycles. The standard InChI is InChI=1S/C18H22N4O3S/c1-21-9-6-19-18(21)26-11-13-4-7-22(8-5-13)17(23)20-14-2-3-15-16(10-14)25-12-24-15/h2-3,6,9-10,13H,4-5,7-8,11-12H2,1H3,(H,20,23). The van der Waals surface area contributed by atoms with Gasteiger partial charge in [-0.2, -0.15) is 0 Å². The number of ether oxygens (including phenoxy) is 2. The number of aryl methyl sites for hydroxylation is 1. The number of likely N-dealkylation sites (tertiary alicyclic amines) is 1. The summed E-state index contributed by atoms with van der Waals surface area (Å²) in [5.74, 6) is 3.05. The molecule has 1 fully saturated rings. The topological polar surface area (TPSA) is 68.6 Å². The molecular formula is C18H22N4O3S. The summed E-state index contributed by atoms with van der Waals surface area (Å²) >= 11 is 1.79. The number of carbonyl (C=O) groups excluding carboxylic acids is 1. The molecule has 1 saturated heterocycles. The number of aromatic nitrogens is 2. The second-order valence-corrected chi connectivity index (χ2v) is 7.55. The second-order valence-electron chi connectivity index (χ2n) is 6.56. The maximum Gasteiger partial charge on any atom is 0.321 e. The Balaban J connectivity index is 1.25. The number of anilines is 1. The van der Waals surface area contributed by atoms with Crippen molar-refractivity contribution in [3.63, 3.8) is 0 Å². The molecule has 0 aliphatic carbocycles. The normalized spacial score (nSPS) is 16.7. The Labute approximate surface area is 156 Å². The SMILES string of the molecule is Cn1ccnc1SCC1CCN(C(=O)Nc2ccc3c(c2)OCO3)CC1. The van der Waals surface area contributed by atoms with E-state index in [1.165, 1.54) is 0 Å². The van der Waals surface area contributed by atoms with E-state index in [-0.39, 0.29) is 12.8 Å². The van der Waals surface area contributed by atoms with Gasteiger partial charge in [0.1, 0.15) is 0 Å². The van der Waals surface area contributed by atoms with Crippen LogP contribution in [0.5, 0.6) is 11.5 Å². The summed E-state index contributed by atoms with van der Waals surface area (Å²) in [6.45, 7) is 1.79. The molecule has 8 heteroatoms. The lowest BCUT2D eigenvalue weighted by Gasteiger charge is -2.31. The molecule has 2 aromatic rings. The first-order valence-electron chi connectivity index (χ1n) is 8.75. The van der Waals surface area contributed by atoms with Crippen molar-refractivity contribution in [1.82, 2.24) is 14.5 Å². The number of nitrogens with one attached hydrogen (secondary N) is 1. The fraction of sp³-hybridized carbons (Fsp3) is 0.444. The number of rotatable bonds is 4. The van der Waals surface area contributed by atoms with Gasteiger partial charge in [-0.15, -0.1) is 0 Å². The Bertz CT molecular complexity index is 786. The van der Waals surface area contributed by atoms with E-state index in [1.54, 1.807) is 17.8 Å². The van der Waals surface area contributed by atoms with E-state index in [4.69, 9.17) is 9.47 Å². The monoisotopic (exact) mass is 374 g/mol. The zero-order valence-corrected chi connectivity index (χ0v) is 15.5. The summed E-state index contributed by atoms with van der Waals surface area (Å²) in [6, 6.07) is 5.40. The van der Waals surface area contributed by atoms with Gasteiger partial charge in [0.2, 0.25) is 6.79 Å². The number of imidazole rings is 1. The highest BCUT2D eigenvalue weighted by molar-refractivity contribution is 7.99. The molecule has 0 spiro atoms. The maximum absolute atomic E-state index is 12.5. The van der Waals surface area contributed by atoms with E-state index >= 15 is 0 Å². The van der Waals surface area contributed by atoms with Crippen molar-refractivity contribution in [2.75, 3.05) is 31.0 Å². The molecule has 3 heterocycles. The van der Waals surface area contributed by atoms with Crippen molar-refractivity contribution in [2.45, 2.75) is 18.0 Å². The maximum atomic E-state index is 12.5. The molecule has 138 valence electrons. The number of fused-ring (bicyclic) bond motifs is 1. The van der Waals surface area contributed by atoms with Crippen LogP contribution in [-0.2, 0) is 7.05 Å². The van der Waals surface area contributed by atoms with Gasteiger partial charge < -0.3 is 24.3 Å². The van der Waals surface area contributed by atoms with E-state index in [0.29, 0.717) is 17.4 Å². The summed E-state index contributed by atoms with van der Waals surface area (Å²) in [7, 11) is 2.01. The predicted octanol–water partition coefficient (Wildman–Crippen LogP) is 3.19. The largest absolute Gasteiger partial charge is 0.454 e. The van der Waals surface area contributed by atoms with Gasteiger partial charge in [-0.3, -0.25) is 0 Å². The summed E-state index contributed by atoms with van der Waals surface area (Å²) in [6.07, 6.45) is 5.83. The van der Waals surface area contributed by atoms with Crippen molar-refractivity contribution in [1.29, 1.82) is 0 Å². The van der Waals surface area contributed by atoms with E-state index in [0.717, 1.165) is 42.5 Å². The van der Waals surface area contributed by atoms with Gasteiger partial charge >= 0.3 is 6.03 Å². The van der Waals surface area contributed by atoms with Crippen LogP contribution >= 0.6 is 11.8 Å². The third kappa shape index (κ3) is 3.75. The summed E-state index contributed by atoms with van der Waals surface area (Å²) in [5, 5.41) is 4.00. The van der Waals surface area contributed by atoms with Gasteiger partial charge in [-0.25, -0.2) is 9.78 Å². The first-order chi connectivity index (χ1) is 12.7. The number of hydrogen-bond donors (Lipinski definition) is 1. The number of thioether (sulfide) groups is 1. The van der Waals surface area contributed by atoms with Gasteiger partial charge in [0.25, 0.3) is 0 Å². The molecular weight excluding hydrogens is 352 g/mol. The highest BCUT2D eigenvalue weighted by Crippen LogP contribution is 2.34. The zero-order chi connectivity index (χ0) is 17.9. The van der Waals surface area contributed by atoms with E-state index in [9.17, 15) is 4.79 Å². The Hall–Kier alpha value is -2.35. The van der Waals surface area contributed by atoms with Crippen LogP contribution in [0.2, 0.25) is 0 Å². The van der Waals surface area contributed by atoms with Crippen LogP contribution < -0.4 is 14.8 Å². The quantitative estimate of drug-likeness (QED) is 0.833. The van der Waals surface area contributed by atoms with Crippen LogP contribution in [0.25, 0.3) is 0 Å². The van der Waals surface area contributed by atoms with Crippen molar-refractivity contribution < 1.29 is 14.3 Å². The number of urea groups is 1. The number of benzene rings is 1. The molecule has 4 rings (SSSR count). The number of carbonyl (C=O) groups is 1. The van der Waals surface area contributed by atoms with Crippen LogP contribution in [0.3, 0.4) is 0 Å². The Kier molecular flexibility index (Phi) is 4.92. The summed E-state index contributed by atoms with van der Waals surface area (Å²) in [4.78, 5) is 18.7. The molecule has 2 aliphatic heterocycles. The average molecular weight is 374 g/mol. The lowest BCUT2D eigenvalue weighted by molar-refractivity contribution is 0.174. The number of piperidine rings is 1. The summed E-state index contributed by atoms with van der Waals surface area (Å²) < 4.78 is 12.7. The molecule has 26 heavy (non-hydrogen) atoms. The van der Waals surface area contributed by atoms with E-state index in [1.807, 2.05) is 41.0 Å². The fourth-order valence-electron chi connectivity index (χ4n) is 3.16. The van der Waals surface area contributed by atoms with E-state index < -0.39 is 0 Å². The Morgan fingerprint density at radius 3 is 2.88 bits per heavy atom. The minimum Gasteiger partial charge on any atom is -0.454 e. The van der Waals surface area contributed by atoms with Gasteiger partial charge in [0, 0.05) is 50.0 Å². The Morgan fingerprint density at radius 1 is 1.31 bits per heavy atom. The Morgan fingerprint density at radius 2 is 2.12 bits per heavy atom. The molecule has 7 nitrogen and oxygen atoms in total. The van der Waals surface area contributed by atoms with Gasteiger partial charge in [-0.1, -0.05) is 11.8 Å². The fourth-order valence-corrected chi connectivity index (χ4v) is 4.28. The molecule has 2 amide bonds. The van der Waals surface area contributed by atoms with Crippen LogP contribution in [0.4, 0.5) is 10.5 Å².